The summed E-state index contributed by atoms with van der Waals surface area (Å²) in [5.74, 6) is 0. The molecule has 0 aliphatic heterocycles. The molecule has 51 heavy (non-hydrogen) atoms. The molecule has 9 aromatic rings. The van der Waals surface area contributed by atoms with Crippen molar-refractivity contribution in [3.63, 3.8) is 0 Å². The highest BCUT2D eigenvalue weighted by atomic mass is 14.4. The number of benzene rings is 9. The number of rotatable bonds is 3. The molecule has 0 spiro atoms. The van der Waals surface area contributed by atoms with Gasteiger partial charge in [-0.3, -0.25) is 0 Å². The van der Waals surface area contributed by atoms with Crippen molar-refractivity contribution in [3.8, 4) is 50.6 Å². The van der Waals surface area contributed by atoms with E-state index in [0.29, 0.717) is 5.56 Å². The van der Waals surface area contributed by atoms with Crippen LogP contribution in [0.15, 0.2) is 164 Å². The molecule has 0 unspecified atom stereocenters. The van der Waals surface area contributed by atoms with Crippen LogP contribution in [0.4, 0.5) is 0 Å². The summed E-state index contributed by atoms with van der Waals surface area (Å²) in [4.78, 5) is 0. The average Bonchev–Trinajstić information content (AvgIpc) is 3.41. The largest absolute Gasteiger partial charge is 0.192 e. The summed E-state index contributed by atoms with van der Waals surface area (Å²) in [6.07, 6.45) is 0. The van der Waals surface area contributed by atoms with Crippen molar-refractivity contribution < 1.29 is 0 Å². The van der Waals surface area contributed by atoms with E-state index in [-0.39, 0.29) is 5.41 Å². The first kappa shape index (κ1) is 29.4. The van der Waals surface area contributed by atoms with Crippen LogP contribution in [0.2, 0.25) is 0 Å². The molecule has 1 aliphatic carbocycles. The number of hydrogen-bond donors (Lipinski definition) is 0. The lowest BCUT2D eigenvalue weighted by Crippen LogP contribution is -2.15. The van der Waals surface area contributed by atoms with Crippen LogP contribution in [0.5, 0.6) is 0 Å². The van der Waals surface area contributed by atoms with Crippen LogP contribution >= 0.6 is 0 Å². The Kier molecular flexibility index (Phi) is 6.35. The number of hydrogen-bond acceptors (Lipinski definition) is 1. The van der Waals surface area contributed by atoms with Gasteiger partial charge in [0.15, 0.2) is 0 Å². The van der Waals surface area contributed by atoms with Crippen LogP contribution < -0.4 is 0 Å². The Labute approximate surface area is 297 Å². The predicted molar refractivity (Wildman–Crippen MR) is 215 cm³/mol. The van der Waals surface area contributed by atoms with Gasteiger partial charge in [0.2, 0.25) is 0 Å². The van der Waals surface area contributed by atoms with Gasteiger partial charge in [-0.2, -0.15) is 5.26 Å². The highest BCUT2D eigenvalue weighted by Gasteiger charge is 2.36. The van der Waals surface area contributed by atoms with E-state index in [1.807, 2.05) is 6.07 Å². The van der Waals surface area contributed by atoms with Crippen LogP contribution in [0.1, 0.15) is 30.5 Å². The minimum atomic E-state index is -0.211. The van der Waals surface area contributed by atoms with E-state index in [1.165, 1.54) is 98.7 Å². The summed E-state index contributed by atoms with van der Waals surface area (Å²) >= 11 is 0. The zero-order chi connectivity index (χ0) is 34.3. The molecule has 238 valence electrons. The minimum Gasteiger partial charge on any atom is -0.192 e. The molecule has 0 radical (unpaired) electrons. The van der Waals surface area contributed by atoms with Gasteiger partial charge < -0.3 is 0 Å². The summed E-state index contributed by atoms with van der Waals surface area (Å²) in [6.45, 7) is 4.57. The molecule has 0 amide bonds. The Morgan fingerprint density at radius 3 is 1.49 bits per heavy atom. The Balaban J connectivity index is 1.15. The van der Waals surface area contributed by atoms with Crippen LogP contribution in [0.3, 0.4) is 0 Å². The fourth-order valence-corrected chi connectivity index (χ4v) is 8.82. The lowest BCUT2D eigenvalue weighted by molar-refractivity contribution is 0.660. The molecular formula is C50H33N. The molecule has 0 heterocycles. The minimum absolute atomic E-state index is 0.211. The van der Waals surface area contributed by atoms with Gasteiger partial charge >= 0.3 is 0 Å². The van der Waals surface area contributed by atoms with Gasteiger partial charge in [-0.05, 0) is 123 Å². The van der Waals surface area contributed by atoms with Crippen LogP contribution in [0.25, 0.3) is 87.6 Å². The van der Waals surface area contributed by atoms with Crippen LogP contribution in [-0.2, 0) is 5.41 Å². The van der Waals surface area contributed by atoms with Gasteiger partial charge in [-0.15, -0.1) is 0 Å². The van der Waals surface area contributed by atoms with E-state index in [1.54, 1.807) is 0 Å². The second-order valence-electron chi connectivity index (χ2n) is 14.4. The summed E-state index contributed by atoms with van der Waals surface area (Å²) in [5.41, 5.74) is 12.9. The molecule has 0 saturated carbocycles. The van der Waals surface area contributed by atoms with Crippen molar-refractivity contribution in [2.75, 3.05) is 0 Å². The maximum Gasteiger partial charge on any atom is 0.0991 e. The smallest absolute Gasteiger partial charge is 0.0991 e. The maximum atomic E-state index is 9.64. The summed E-state index contributed by atoms with van der Waals surface area (Å²) in [6, 6.07) is 62.2. The van der Waals surface area contributed by atoms with Crippen molar-refractivity contribution in [1.82, 2.24) is 0 Å². The van der Waals surface area contributed by atoms with Gasteiger partial charge in [0.25, 0.3) is 0 Å². The zero-order valence-electron chi connectivity index (χ0n) is 28.5. The lowest BCUT2D eigenvalue weighted by atomic mass is 9.80. The predicted octanol–water partition coefficient (Wildman–Crippen LogP) is 13.5. The van der Waals surface area contributed by atoms with Gasteiger partial charge in [-0.25, -0.2) is 0 Å². The van der Waals surface area contributed by atoms with Crippen molar-refractivity contribution in [2.45, 2.75) is 19.3 Å². The molecule has 1 nitrogen and oxygen atoms in total. The molecule has 1 aliphatic rings. The molecule has 9 aromatic carbocycles. The zero-order valence-corrected chi connectivity index (χ0v) is 28.5. The van der Waals surface area contributed by atoms with Crippen molar-refractivity contribution >= 4 is 43.1 Å². The van der Waals surface area contributed by atoms with E-state index in [0.717, 1.165) is 0 Å². The number of fused-ring (bicyclic) bond motifs is 8. The van der Waals surface area contributed by atoms with E-state index in [4.69, 9.17) is 0 Å². The third-order valence-electron chi connectivity index (χ3n) is 11.3. The van der Waals surface area contributed by atoms with E-state index in [2.05, 4.69) is 178 Å². The fourth-order valence-electron chi connectivity index (χ4n) is 8.82. The molecule has 0 atom stereocenters. The first-order valence-electron chi connectivity index (χ1n) is 17.7. The van der Waals surface area contributed by atoms with Crippen molar-refractivity contribution in [1.29, 1.82) is 5.26 Å². The maximum absolute atomic E-state index is 9.64. The third-order valence-corrected chi connectivity index (χ3v) is 11.3. The monoisotopic (exact) mass is 647 g/mol. The van der Waals surface area contributed by atoms with E-state index >= 15 is 0 Å². The molecule has 0 bridgehead atoms. The lowest BCUT2D eigenvalue weighted by Gasteiger charge is -2.23. The number of nitrogens with zero attached hydrogens (tertiary/aromatic N) is 1. The fraction of sp³-hybridized carbons (Fsp3) is 0.0600. The third kappa shape index (κ3) is 4.33. The second-order valence-corrected chi connectivity index (χ2v) is 14.4. The highest BCUT2D eigenvalue weighted by Crippen LogP contribution is 2.51. The van der Waals surface area contributed by atoms with Crippen LogP contribution in [-0.4, -0.2) is 0 Å². The molecule has 0 N–H and O–H groups in total. The number of nitriles is 1. The van der Waals surface area contributed by atoms with Crippen LogP contribution in [0, 0.1) is 11.3 Å². The average molecular weight is 648 g/mol. The quantitative estimate of drug-likeness (QED) is 0.138. The Bertz CT molecular complexity index is 2880. The van der Waals surface area contributed by atoms with Gasteiger partial charge in [-0.1, -0.05) is 153 Å². The summed E-state index contributed by atoms with van der Waals surface area (Å²) < 4.78 is 0. The molecule has 0 fully saturated rings. The summed E-state index contributed by atoms with van der Waals surface area (Å²) in [5, 5.41) is 19.7. The van der Waals surface area contributed by atoms with Gasteiger partial charge in [0, 0.05) is 5.41 Å². The van der Waals surface area contributed by atoms with E-state index < -0.39 is 0 Å². The highest BCUT2D eigenvalue weighted by molar-refractivity contribution is 6.21. The first-order valence-corrected chi connectivity index (χ1v) is 17.7. The first-order chi connectivity index (χ1) is 25.0. The topological polar surface area (TPSA) is 23.8 Å². The van der Waals surface area contributed by atoms with E-state index in [9.17, 15) is 5.26 Å². The Morgan fingerprint density at radius 2 is 0.863 bits per heavy atom. The SMILES string of the molecule is CC1(C)c2cc(C#N)ccc2-c2ccc(-c3c4ccccc4c(-c4ccc(-c5cc6ccccc6c6ccccc56)cc4)c4ccccc34)cc21. The second kappa shape index (κ2) is 11.0. The normalized spacial score (nSPS) is 13.0. The Morgan fingerprint density at radius 1 is 0.392 bits per heavy atom. The molecule has 0 saturated heterocycles. The molecule has 0 aromatic heterocycles. The summed E-state index contributed by atoms with van der Waals surface area (Å²) in [7, 11) is 0. The van der Waals surface area contributed by atoms with Crippen molar-refractivity contribution in [3.05, 3.63) is 180 Å². The molecular weight excluding hydrogens is 615 g/mol. The van der Waals surface area contributed by atoms with Gasteiger partial charge in [0.05, 0.1) is 11.6 Å². The molecule has 10 rings (SSSR count). The van der Waals surface area contributed by atoms with Crippen molar-refractivity contribution in [2.24, 2.45) is 0 Å². The Hall–Kier alpha value is -6.49. The van der Waals surface area contributed by atoms with Gasteiger partial charge in [0.1, 0.15) is 0 Å². The standard InChI is InChI=1S/C50H33N/c1-50(2)46-27-31(30-51)19-25-39(46)40-26-24-35(29-47(40)50)49-43-17-9-7-15-41(43)48(42-16-8-10-18-44(42)49)33-22-20-32(21-23-33)45-28-34-11-3-4-12-36(34)37-13-5-6-14-38(37)45/h3-29H,1-2H3. The molecule has 1 heteroatoms.